The first-order valence-electron chi connectivity index (χ1n) is 7.73. The van der Waals surface area contributed by atoms with Gasteiger partial charge in [0.2, 0.25) is 5.91 Å². The fourth-order valence-electron chi connectivity index (χ4n) is 1.82. The fraction of sp³-hybridized carbons (Fsp3) is 0.875. The quantitative estimate of drug-likeness (QED) is 0.491. The lowest BCUT2D eigenvalue weighted by Gasteiger charge is -2.23. The molecule has 0 aromatic heterocycles. The van der Waals surface area contributed by atoms with Gasteiger partial charge in [0.15, 0.2) is 0 Å². The maximum absolute atomic E-state index is 12.2. The minimum Gasteiger partial charge on any atom is -0.460 e. The average molecular weight is 317 g/mol. The van der Waals surface area contributed by atoms with E-state index in [-0.39, 0.29) is 24.2 Å². The van der Waals surface area contributed by atoms with Gasteiger partial charge in [-0.1, -0.05) is 13.8 Å². The van der Waals surface area contributed by atoms with Gasteiger partial charge < -0.3 is 19.5 Å². The predicted molar refractivity (Wildman–Crippen MR) is 84.5 cm³/mol. The van der Waals surface area contributed by atoms with Crippen LogP contribution in [0.15, 0.2) is 0 Å². The second-order valence-corrected chi connectivity index (χ2v) is 6.54. The molecule has 0 heterocycles. The van der Waals surface area contributed by atoms with Gasteiger partial charge in [0.25, 0.3) is 0 Å². The molecule has 0 aromatic carbocycles. The van der Waals surface area contributed by atoms with Gasteiger partial charge in [-0.3, -0.25) is 9.59 Å². The third-order valence-electron chi connectivity index (χ3n) is 2.93. The van der Waals surface area contributed by atoms with Crippen LogP contribution in [0.3, 0.4) is 0 Å². The Labute approximate surface area is 133 Å². The number of amides is 1. The van der Waals surface area contributed by atoms with Crippen LogP contribution in [0.4, 0.5) is 0 Å². The zero-order chi connectivity index (χ0) is 17.2. The number of hydrogen-bond acceptors (Lipinski definition) is 5. The summed E-state index contributed by atoms with van der Waals surface area (Å²) in [5.41, 5.74) is -0.537. The van der Waals surface area contributed by atoms with E-state index >= 15 is 0 Å². The molecule has 0 spiro atoms. The van der Waals surface area contributed by atoms with Crippen molar-refractivity contribution in [3.05, 3.63) is 0 Å². The molecule has 0 aromatic rings. The smallest absolute Gasteiger partial charge is 0.307 e. The van der Waals surface area contributed by atoms with Gasteiger partial charge in [-0.05, 0) is 26.7 Å². The van der Waals surface area contributed by atoms with E-state index in [0.717, 1.165) is 0 Å². The molecule has 130 valence electrons. The van der Waals surface area contributed by atoms with E-state index < -0.39 is 11.5 Å². The molecular formula is C16H31NO5. The molecule has 0 radical (unpaired) electrons. The lowest BCUT2D eigenvalue weighted by atomic mass is 9.91. The second-order valence-electron chi connectivity index (χ2n) is 6.54. The van der Waals surface area contributed by atoms with E-state index in [1.54, 1.807) is 7.11 Å². The minimum atomic E-state index is -0.537. The Morgan fingerprint density at radius 3 is 2.23 bits per heavy atom. The van der Waals surface area contributed by atoms with E-state index in [9.17, 15) is 9.59 Å². The van der Waals surface area contributed by atoms with E-state index in [4.69, 9.17) is 14.2 Å². The lowest BCUT2D eigenvalue weighted by molar-refractivity contribution is -0.158. The van der Waals surface area contributed by atoms with Crippen molar-refractivity contribution in [2.24, 2.45) is 11.8 Å². The van der Waals surface area contributed by atoms with Crippen molar-refractivity contribution in [2.75, 3.05) is 33.5 Å². The molecule has 0 saturated heterocycles. The molecule has 1 unspecified atom stereocenters. The van der Waals surface area contributed by atoms with Gasteiger partial charge in [-0.15, -0.1) is 0 Å². The summed E-state index contributed by atoms with van der Waals surface area (Å²) in [6.07, 6.45) is 0.0886. The van der Waals surface area contributed by atoms with Gasteiger partial charge in [0.1, 0.15) is 5.60 Å². The van der Waals surface area contributed by atoms with Crippen LogP contribution in [-0.4, -0.2) is 51.0 Å². The summed E-state index contributed by atoms with van der Waals surface area (Å²) >= 11 is 0. The third-order valence-corrected chi connectivity index (χ3v) is 2.93. The lowest BCUT2D eigenvalue weighted by Crippen LogP contribution is -2.38. The van der Waals surface area contributed by atoms with Crippen molar-refractivity contribution in [2.45, 2.75) is 46.6 Å². The summed E-state index contributed by atoms with van der Waals surface area (Å²) in [6.45, 7) is 11.1. The molecule has 0 rings (SSSR count). The first-order valence-corrected chi connectivity index (χ1v) is 7.73. The van der Waals surface area contributed by atoms with Crippen molar-refractivity contribution in [1.29, 1.82) is 0 Å². The average Bonchev–Trinajstić information content (AvgIpc) is 2.37. The highest BCUT2D eigenvalue weighted by Crippen LogP contribution is 2.18. The molecule has 6 nitrogen and oxygen atoms in total. The van der Waals surface area contributed by atoms with Crippen molar-refractivity contribution in [1.82, 2.24) is 5.32 Å². The molecule has 0 fully saturated rings. The zero-order valence-corrected chi connectivity index (χ0v) is 14.7. The van der Waals surface area contributed by atoms with Crippen molar-refractivity contribution < 1.29 is 23.8 Å². The van der Waals surface area contributed by atoms with Crippen LogP contribution in [-0.2, 0) is 23.8 Å². The van der Waals surface area contributed by atoms with Crippen LogP contribution in [0.2, 0.25) is 0 Å². The van der Waals surface area contributed by atoms with Gasteiger partial charge in [0.05, 0.1) is 32.2 Å². The van der Waals surface area contributed by atoms with E-state index in [1.807, 2.05) is 34.6 Å². The Balaban J connectivity index is 4.21. The largest absolute Gasteiger partial charge is 0.460 e. The molecular weight excluding hydrogens is 286 g/mol. The molecule has 1 atom stereocenters. The number of esters is 1. The van der Waals surface area contributed by atoms with Gasteiger partial charge in [-0.25, -0.2) is 0 Å². The second kappa shape index (κ2) is 10.6. The van der Waals surface area contributed by atoms with Crippen molar-refractivity contribution in [3.63, 3.8) is 0 Å². The molecule has 1 N–H and O–H groups in total. The Hall–Kier alpha value is -1.14. The minimum absolute atomic E-state index is 0.0573. The molecule has 0 aliphatic rings. The van der Waals surface area contributed by atoms with Crippen molar-refractivity contribution >= 4 is 11.9 Å². The van der Waals surface area contributed by atoms with Crippen LogP contribution >= 0.6 is 0 Å². The van der Waals surface area contributed by atoms with Crippen LogP contribution in [0.5, 0.6) is 0 Å². The number of rotatable bonds is 10. The highest BCUT2D eigenvalue weighted by molar-refractivity contribution is 5.84. The predicted octanol–water partition coefficient (Wildman–Crippen LogP) is 1.77. The first-order chi connectivity index (χ1) is 10.2. The van der Waals surface area contributed by atoms with Gasteiger partial charge in [0, 0.05) is 13.7 Å². The number of ether oxygens (including phenoxy) is 3. The summed E-state index contributed by atoms with van der Waals surface area (Å²) in [6, 6.07) is 0. The standard InChI is InChI=1S/C16H31NO5/c1-12(2)13(11-14(18)22-16(3,4)5)15(19)17-7-8-21-10-9-20-6/h12-13H,7-11H2,1-6H3,(H,17,19). The summed E-state index contributed by atoms with van der Waals surface area (Å²) in [4.78, 5) is 24.1. The van der Waals surface area contributed by atoms with Crippen LogP contribution < -0.4 is 5.32 Å². The number of carbonyl (C=O) groups is 2. The Kier molecular flexibility index (Phi) is 10.0. The molecule has 0 aliphatic heterocycles. The number of hydrogen-bond donors (Lipinski definition) is 1. The topological polar surface area (TPSA) is 73.9 Å². The Bertz CT molecular complexity index is 336. The van der Waals surface area contributed by atoms with Crippen molar-refractivity contribution in [3.8, 4) is 0 Å². The monoisotopic (exact) mass is 317 g/mol. The Morgan fingerprint density at radius 2 is 1.73 bits per heavy atom. The SMILES string of the molecule is COCCOCCNC(=O)C(CC(=O)OC(C)(C)C)C(C)C. The molecule has 0 saturated carbocycles. The summed E-state index contributed by atoms with van der Waals surface area (Å²) < 4.78 is 15.4. The third kappa shape index (κ3) is 10.6. The van der Waals surface area contributed by atoms with Crippen LogP contribution in [0.25, 0.3) is 0 Å². The maximum atomic E-state index is 12.2. The maximum Gasteiger partial charge on any atom is 0.307 e. The molecule has 6 heteroatoms. The number of nitrogens with one attached hydrogen (secondary N) is 1. The number of methoxy groups -OCH3 is 1. The fourth-order valence-corrected chi connectivity index (χ4v) is 1.82. The van der Waals surface area contributed by atoms with E-state index in [2.05, 4.69) is 5.32 Å². The summed E-state index contributed by atoms with van der Waals surface area (Å²) in [7, 11) is 1.61. The van der Waals surface area contributed by atoms with Crippen LogP contribution in [0.1, 0.15) is 41.0 Å². The van der Waals surface area contributed by atoms with Gasteiger partial charge in [-0.2, -0.15) is 0 Å². The molecule has 0 bridgehead atoms. The number of carbonyl (C=O) groups excluding carboxylic acids is 2. The van der Waals surface area contributed by atoms with E-state index in [0.29, 0.717) is 26.4 Å². The summed E-state index contributed by atoms with van der Waals surface area (Å²) in [5, 5.41) is 2.80. The van der Waals surface area contributed by atoms with Gasteiger partial charge >= 0.3 is 5.97 Å². The normalized spacial score (nSPS) is 13.0. The highest BCUT2D eigenvalue weighted by atomic mass is 16.6. The first kappa shape index (κ1) is 20.9. The Morgan fingerprint density at radius 1 is 1.09 bits per heavy atom. The molecule has 22 heavy (non-hydrogen) atoms. The summed E-state index contributed by atoms with van der Waals surface area (Å²) in [5.74, 6) is -0.829. The molecule has 1 amide bonds. The highest BCUT2D eigenvalue weighted by Gasteiger charge is 2.27. The molecule has 0 aliphatic carbocycles. The zero-order valence-electron chi connectivity index (χ0n) is 14.7. The van der Waals surface area contributed by atoms with Crippen LogP contribution in [0, 0.1) is 11.8 Å². The van der Waals surface area contributed by atoms with E-state index in [1.165, 1.54) is 0 Å².